The van der Waals surface area contributed by atoms with Crippen LogP contribution in [-0.2, 0) is 19.7 Å². The summed E-state index contributed by atoms with van der Waals surface area (Å²) in [6.45, 7) is 8.72. The lowest BCUT2D eigenvalue weighted by Gasteiger charge is -2.16. The lowest BCUT2D eigenvalue weighted by atomic mass is 10.1. The third-order valence-corrected chi connectivity index (χ3v) is 12.6. The van der Waals surface area contributed by atoms with E-state index in [1.807, 2.05) is 0 Å². The first-order valence-electron chi connectivity index (χ1n) is 16.6. The number of fused-ring (bicyclic) bond motifs is 2. The molecule has 10 heteroatoms. The molecule has 0 saturated heterocycles. The van der Waals surface area contributed by atoms with E-state index in [9.17, 15) is 22.4 Å². The first kappa shape index (κ1) is 36.1. The SMILES string of the molecule is CCCCCCCOc1c(C)cc(S(=O)(=O)C(=[N+]=[N-])S(=O)(=O)c2cc(C)c(OCCCCCCC)c3ccccc23)c2ccccc12. The monoisotopic (exact) mass is 678 g/mol. The van der Waals surface area contributed by atoms with Gasteiger partial charge in [-0.25, -0.2) is 16.8 Å². The minimum absolute atomic E-state index is 0.277. The molecular formula is C37H46N2O6S2. The molecule has 4 aromatic rings. The molecule has 0 heterocycles. The number of aryl methyl sites for hydroxylation is 2. The van der Waals surface area contributed by atoms with Gasteiger partial charge in [0.1, 0.15) is 11.5 Å². The van der Waals surface area contributed by atoms with Gasteiger partial charge in [0.05, 0.1) is 23.0 Å². The number of sulfone groups is 2. The van der Waals surface area contributed by atoms with Crippen molar-refractivity contribution in [2.75, 3.05) is 13.2 Å². The lowest BCUT2D eigenvalue weighted by Crippen LogP contribution is -2.27. The van der Waals surface area contributed by atoms with Crippen LogP contribution in [0.25, 0.3) is 27.1 Å². The first-order chi connectivity index (χ1) is 22.6. The number of rotatable bonds is 16. The summed E-state index contributed by atoms with van der Waals surface area (Å²) in [6, 6.07) is 16.4. The normalized spacial score (nSPS) is 11.9. The van der Waals surface area contributed by atoms with Crippen LogP contribution in [0.2, 0.25) is 0 Å². The third-order valence-electron chi connectivity index (χ3n) is 8.39. The minimum Gasteiger partial charge on any atom is -0.493 e. The molecular weight excluding hydrogens is 633 g/mol. The highest BCUT2D eigenvalue weighted by molar-refractivity contribution is 8.31. The molecule has 0 saturated carbocycles. The lowest BCUT2D eigenvalue weighted by molar-refractivity contribution is 0.00381. The Morgan fingerprint density at radius 2 is 0.957 bits per heavy atom. The zero-order chi connectivity index (χ0) is 34.0. The summed E-state index contributed by atoms with van der Waals surface area (Å²) in [5.74, 6) is 1.09. The maximum Gasteiger partial charge on any atom is 0.504 e. The Kier molecular flexibility index (Phi) is 12.6. The zero-order valence-corrected chi connectivity index (χ0v) is 29.6. The van der Waals surface area contributed by atoms with Crippen molar-refractivity contribution in [2.45, 2.75) is 102 Å². The van der Waals surface area contributed by atoms with E-state index in [0.717, 1.165) is 51.4 Å². The largest absolute Gasteiger partial charge is 0.504 e. The van der Waals surface area contributed by atoms with Gasteiger partial charge in [-0.05, 0) is 49.9 Å². The van der Waals surface area contributed by atoms with Gasteiger partial charge in [-0.1, -0.05) is 114 Å². The first-order valence-corrected chi connectivity index (χ1v) is 19.6. The number of nitrogens with zero attached hydrogens (tertiary/aromatic N) is 2. The Labute approximate surface area is 279 Å². The van der Waals surface area contributed by atoms with E-state index in [1.54, 1.807) is 62.4 Å². The van der Waals surface area contributed by atoms with E-state index in [-0.39, 0.29) is 20.6 Å². The second kappa shape index (κ2) is 16.4. The molecule has 0 fully saturated rings. The smallest absolute Gasteiger partial charge is 0.493 e. The van der Waals surface area contributed by atoms with Gasteiger partial charge in [-0.3, -0.25) is 0 Å². The summed E-state index contributed by atoms with van der Waals surface area (Å²) in [5, 5.41) is 1.62. The fraction of sp³-hybridized carbons (Fsp3) is 0.432. The van der Waals surface area contributed by atoms with Crippen molar-refractivity contribution in [1.29, 1.82) is 0 Å². The highest BCUT2D eigenvalue weighted by Gasteiger charge is 2.46. The number of benzene rings is 4. The van der Waals surface area contributed by atoms with E-state index in [0.29, 0.717) is 46.6 Å². The van der Waals surface area contributed by atoms with Crippen LogP contribution in [0.5, 0.6) is 11.5 Å². The van der Waals surface area contributed by atoms with Gasteiger partial charge in [0.15, 0.2) is 0 Å². The molecule has 0 amide bonds. The molecule has 0 radical (unpaired) electrons. The summed E-state index contributed by atoms with van der Waals surface area (Å²) >= 11 is 0. The minimum atomic E-state index is -4.85. The topological polar surface area (TPSA) is 123 Å². The molecule has 0 aromatic heterocycles. The second-order valence-corrected chi connectivity index (χ2v) is 16.0. The standard InChI is InChI=1S/C37H46N2O6S2/c1-5-7-9-11-17-23-44-35-27(3)25-33(29-19-13-15-21-31(29)35)46(40,41)37(39-38)47(42,43)34-26-28(4)36(32-22-16-14-20-30(32)34)45-24-18-12-10-8-6-2/h13-16,19-22,25-26H,5-12,17-18,23-24H2,1-4H3. The number of hydrogen-bond acceptors (Lipinski definition) is 6. The van der Waals surface area contributed by atoms with Gasteiger partial charge in [-0.15, -0.1) is 4.79 Å². The van der Waals surface area contributed by atoms with Crippen molar-refractivity contribution in [1.82, 2.24) is 0 Å². The second-order valence-electron chi connectivity index (χ2n) is 12.0. The molecule has 0 aliphatic carbocycles. The van der Waals surface area contributed by atoms with Gasteiger partial charge in [0.25, 0.3) is 19.7 Å². The van der Waals surface area contributed by atoms with Gasteiger partial charge in [-0.2, -0.15) is 0 Å². The summed E-state index contributed by atoms with van der Waals surface area (Å²) in [7, 11) is -9.70. The van der Waals surface area contributed by atoms with E-state index in [4.69, 9.17) is 9.47 Å². The molecule has 8 nitrogen and oxygen atoms in total. The van der Waals surface area contributed by atoms with Crippen LogP contribution < -0.4 is 9.47 Å². The predicted molar refractivity (Wildman–Crippen MR) is 189 cm³/mol. The van der Waals surface area contributed by atoms with Gasteiger partial charge >= 0.3 is 4.38 Å². The Bertz CT molecular complexity index is 1840. The molecule has 0 aliphatic heterocycles. The molecule has 47 heavy (non-hydrogen) atoms. The van der Waals surface area contributed by atoms with E-state index in [2.05, 4.69) is 18.6 Å². The summed E-state index contributed by atoms with van der Waals surface area (Å²) in [5.41, 5.74) is 11.2. The Hall–Kier alpha value is -3.72. The zero-order valence-electron chi connectivity index (χ0n) is 27.9. The van der Waals surface area contributed by atoms with Crippen molar-refractivity contribution in [3.8, 4) is 11.5 Å². The molecule has 0 bridgehead atoms. The van der Waals surface area contributed by atoms with Crippen LogP contribution in [-0.4, -0.2) is 39.2 Å². The fourth-order valence-electron chi connectivity index (χ4n) is 5.92. The fourth-order valence-corrected chi connectivity index (χ4v) is 9.81. The van der Waals surface area contributed by atoms with Crippen LogP contribution in [0.1, 0.15) is 89.2 Å². The van der Waals surface area contributed by atoms with Crippen molar-refractivity contribution in [3.05, 3.63) is 77.3 Å². The Balaban J connectivity index is 1.73. The van der Waals surface area contributed by atoms with Crippen molar-refractivity contribution < 1.29 is 31.1 Å². The number of hydrogen-bond donors (Lipinski definition) is 0. The predicted octanol–water partition coefficient (Wildman–Crippen LogP) is 9.14. The van der Waals surface area contributed by atoms with Crippen molar-refractivity contribution in [3.63, 3.8) is 0 Å². The highest BCUT2D eigenvalue weighted by Crippen LogP contribution is 2.39. The Morgan fingerprint density at radius 3 is 1.32 bits per heavy atom. The van der Waals surface area contributed by atoms with Crippen LogP contribution in [0.4, 0.5) is 0 Å². The third kappa shape index (κ3) is 8.06. The molecule has 4 rings (SSSR count). The number of unbranched alkanes of at least 4 members (excludes halogenated alkanes) is 8. The summed E-state index contributed by atoms with van der Waals surface area (Å²) in [4.78, 5) is 2.40. The molecule has 0 N–H and O–H groups in total. The van der Waals surface area contributed by atoms with Crippen LogP contribution in [0.15, 0.2) is 70.5 Å². The van der Waals surface area contributed by atoms with Crippen molar-refractivity contribution in [2.24, 2.45) is 0 Å². The van der Waals surface area contributed by atoms with E-state index >= 15 is 0 Å². The maximum absolute atomic E-state index is 14.2. The number of ether oxygens (including phenoxy) is 2. The van der Waals surface area contributed by atoms with E-state index < -0.39 is 24.1 Å². The molecule has 0 atom stereocenters. The molecule has 0 aliphatic rings. The average Bonchev–Trinajstić information content (AvgIpc) is 3.05. The molecule has 252 valence electrons. The van der Waals surface area contributed by atoms with Crippen LogP contribution in [0, 0.1) is 13.8 Å². The van der Waals surface area contributed by atoms with Gasteiger partial charge in [0, 0.05) is 21.5 Å². The van der Waals surface area contributed by atoms with E-state index in [1.165, 1.54) is 25.0 Å². The summed E-state index contributed by atoms with van der Waals surface area (Å²) in [6.07, 6.45) is 10.7. The van der Waals surface area contributed by atoms with Gasteiger partial charge < -0.3 is 15.0 Å². The van der Waals surface area contributed by atoms with Crippen molar-refractivity contribution >= 4 is 45.6 Å². The molecule has 0 spiro atoms. The van der Waals surface area contributed by atoms with Crippen LogP contribution >= 0.6 is 0 Å². The average molecular weight is 679 g/mol. The quantitative estimate of drug-likeness (QED) is 0.0383. The van der Waals surface area contributed by atoms with Crippen LogP contribution in [0.3, 0.4) is 0 Å². The highest BCUT2D eigenvalue weighted by atomic mass is 32.3. The maximum atomic E-state index is 14.2. The summed E-state index contributed by atoms with van der Waals surface area (Å²) < 4.78 is 67.8. The van der Waals surface area contributed by atoms with Gasteiger partial charge in [0.2, 0.25) is 0 Å². The Morgan fingerprint density at radius 1 is 0.596 bits per heavy atom. The molecule has 4 aromatic carbocycles. The molecule has 0 unspecified atom stereocenters.